The SMILES string of the molecule is COc1ccc(/C=C\c2cc(OC)c(OC)c(OC)c2)cc1OP(=O)([O-])Oc1cc(/C=C\c2cc(OC)c(OC)c(OC)c2)ccc1OC.[Na+]. The minimum absolute atomic E-state index is 0. The second-order valence-corrected chi connectivity index (χ2v) is 11.3. The smallest absolute Gasteiger partial charge is 0.736 e. The molecule has 0 atom stereocenters. The molecular formula is C36H38NaO12P. The van der Waals surface area contributed by atoms with Gasteiger partial charge in [0.15, 0.2) is 46.0 Å². The van der Waals surface area contributed by atoms with Crippen LogP contribution in [0.2, 0.25) is 0 Å². The van der Waals surface area contributed by atoms with Crippen molar-refractivity contribution in [3.8, 4) is 57.5 Å². The van der Waals surface area contributed by atoms with E-state index >= 15 is 0 Å². The van der Waals surface area contributed by atoms with Gasteiger partial charge in [-0.05, 0) is 70.8 Å². The average molecular weight is 717 g/mol. The van der Waals surface area contributed by atoms with Gasteiger partial charge in [-0.25, -0.2) is 4.57 Å². The summed E-state index contributed by atoms with van der Waals surface area (Å²) in [4.78, 5) is 13.2. The molecular weight excluding hydrogens is 678 g/mol. The third kappa shape index (κ3) is 9.83. The molecule has 0 unspecified atom stereocenters. The largest absolute Gasteiger partial charge is 1.00 e. The predicted octanol–water partition coefficient (Wildman–Crippen LogP) is 4.03. The third-order valence-electron chi connectivity index (χ3n) is 7.11. The standard InChI is InChI=1S/C36H39O12P.Na/c1-39-27-15-13-23(9-11-25-19-31(41-3)35(45-7)32(20-25)42-4)17-29(27)47-49(37,38)48-30-18-24(14-16-28(30)40-2)10-12-26-21-33(43-5)36(46-8)34(22-26)44-6;/h9-22H,1-8H3,(H,37,38);/q;+1/p-1/b11-9-,12-10-;. The van der Waals surface area contributed by atoms with Gasteiger partial charge in [-0.2, -0.15) is 0 Å². The number of benzene rings is 4. The fraction of sp³-hybridized carbons (Fsp3) is 0.222. The van der Waals surface area contributed by atoms with E-state index in [0.717, 1.165) is 11.1 Å². The Balaban J connectivity index is 0.00000676. The monoisotopic (exact) mass is 716 g/mol. The predicted molar refractivity (Wildman–Crippen MR) is 185 cm³/mol. The molecule has 0 aliphatic heterocycles. The molecule has 4 rings (SSSR count). The van der Waals surface area contributed by atoms with Gasteiger partial charge in [0.25, 0.3) is 0 Å². The van der Waals surface area contributed by atoms with Gasteiger partial charge in [0.2, 0.25) is 11.5 Å². The molecule has 0 bridgehead atoms. The maximum atomic E-state index is 13.2. The van der Waals surface area contributed by atoms with Crippen molar-refractivity contribution in [2.24, 2.45) is 0 Å². The van der Waals surface area contributed by atoms with E-state index in [1.165, 1.54) is 69.0 Å². The molecule has 0 aromatic heterocycles. The summed E-state index contributed by atoms with van der Waals surface area (Å²) in [6.07, 6.45) is 7.11. The van der Waals surface area contributed by atoms with Crippen molar-refractivity contribution in [2.75, 3.05) is 56.9 Å². The molecule has 0 spiro atoms. The van der Waals surface area contributed by atoms with E-state index in [9.17, 15) is 9.46 Å². The van der Waals surface area contributed by atoms with Crippen LogP contribution in [0.5, 0.6) is 57.5 Å². The van der Waals surface area contributed by atoms with Gasteiger partial charge >= 0.3 is 37.4 Å². The Labute approximate surface area is 313 Å². The van der Waals surface area contributed by atoms with E-state index in [0.29, 0.717) is 45.6 Å². The molecule has 0 radical (unpaired) electrons. The van der Waals surface area contributed by atoms with Crippen molar-refractivity contribution >= 4 is 32.1 Å². The Morgan fingerprint density at radius 3 is 0.980 bits per heavy atom. The Morgan fingerprint density at radius 1 is 0.420 bits per heavy atom. The summed E-state index contributed by atoms with van der Waals surface area (Å²) in [5.41, 5.74) is 2.72. The second kappa shape index (κ2) is 18.5. The van der Waals surface area contributed by atoms with Crippen LogP contribution < -0.4 is 81.4 Å². The first kappa shape index (κ1) is 40.0. The van der Waals surface area contributed by atoms with Crippen LogP contribution in [0.25, 0.3) is 24.3 Å². The molecule has 4 aromatic rings. The van der Waals surface area contributed by atoms with Crippen molar-refractivity contribution in [1.82, 2.24) is 0 Å². The summed E-state index contributed by atoms with van der Waals surface area (Å²) >= 11 is 0. The minimum atomic E-state index is -5.02. The van der Waals surface area contributed by atoms with Crippen LogP contribution in [-0.2, 0) is 4.57 Å². The molecule has 0 saturated carbocycles. The Hall–Kier alpha value is -4.45. The summed E-state index contributed by atoms with van der Waals surface area (Å²) in [5.74, 6) is 3.08. The number of ether oxygens (including phenoxy) is 8. The van der Waals surface area contributed by atoms with E-state index in [1.807, 2.05) is 0 Å². The molecule has 0 heterocycles. The Kier molecular flexibility index (Phi) is 14.8. The molecule has 50 heavy (non-hydrogen) atoms. The van der Waals surface area contributed by atoms with Crippen LogP contribution in [0.4, 0.5) is 0 Å². The fourth-order valence-corrected chi connectivity index (χ4v) is 5.58. The summed E-state index contributed by atoms with van der Waals surface area (Å²) < 4.78 is 67.3. The van der Waals surface area contributed by atoms with E-state index in [2.05, 4.69) is 0 Å². The summed E-state index contributed by atoms with van der Waals surface area (Å²) in [5, 5.41) is 0. The zero-order valence-corrected chi connectivity index (χ0v) is 32.3. The van der Waals surface area contributed by atoms with Crippen LogP contribution >= 0.6 is 7.82 Å². The number of rotatable bonds is 16. The van der Waals surface area contributed by atoms with Crippen LogP contribution in [0.1, 0.15) is 22.3 Å². The molecule has 260 valence electrons. The molecule has 0 N–H and O–H groups in total. The molecule has 0 aliphatic rings. The zero-order valence-electron chi connectivity index (χ0n) is 29.4. The van der Waals surface area contributed by atoms with Gasteiger partial charge in [0.05, 0.1) is 56.9 Å². The number of phosphoric acid groups is 1. The first-order valence-electron chi connectivity index (χ1n) is 14.6. The first-order valence-corrected chi connectivity index (χ1v) is 16.1. The normalized spacial score (nSPS) is 11.1. The molecule has 0 saturated heterocycles. The van der Waals surface area contributed by atoms with Gasteiger partial charge in [-0.1, -0.05) is 36.4 Å². The number of methoxy groups -OCH3 is 8. The van der Waals surface area contributed by atoms with Crippen LogP contribution in [0, 0.1) is 0 Å². The molecule has 14 heteroatoms. The number of phosphoric ester groups is 1. The van der Waals surface area contributed by atoms with Crippen LogP contribution in [0.15, 0.2) is 60.7 Å². The number of hydrogen-bond acceptors (Lipinski definition) is 12. The van der Waals surface area contributed by atoms with E-state index in [1.54, 1.807) is 72.8 Å². The maximum Gasteiger partial charge on any atom is 1.00 e. The summed E-state index contributed by atoms with van der Waals surface area (Å²) in [7, 11) is 6.94. The van der Waals surface area contributed by atoms with Crippen LogP contribution in [-0.4, -0.2) is 56.9 Å². The van der Waals surface area contributed by atoms with Crippen molar-refractivity contribution in [3.63, 3.8) is 0 Å². The van der Waals surface area contributed by atoms with Gasteiger partial charge in [-0.3, -0.25) is 0 Å². The number of hydrogen-bond donors (Lipinski definition) is 0. The average Bonchev–Trinajstić information content (AvgIpc) is 3.11. The third-order valence-corrected chi connectivity index (χ3v) is 7.95. The van der Waals surface area contributed by atoms with Gasteiger partial charge in [0, 0.05) is 0 Å². The van der Waals surface area contributed by atoms with Gasteiger partial charge in [0.1, 0.15) is 0 Å². The first-order chi connectivity index (χ1) is 23.6. The molecule has 12 nitrogen and oxygen atoms in total. The molecule has 0 amide bonds. The van der Waals surface area contributed by atoms with E-state index in [-0.39, 0.29) is 52.6 Å². The Bertz CT molecular complexity index is 1690. The van der Waals surface area contributed by atoms with E-state index in [4.69, 9.17) is 46.9 Å². The van der Waals surface area contributed by atoms with E-state index < -0.39 is 7.82 Å². The molecule has 0 fully saturated rings. The fourth-order valence-electron chi connectivity index (χ4n) is 4.78. The zero-order chi connectivity index (χ0) is 35.6. The quantitative estimate of drug-likeness (QED) is 0.0943. The minimum Gasteiger partial charge on any atom is -0.736 e. The van der Waals surface area contributed by atoms with Crippen molar-refractivity contribution in [1.29, 1.82) is 0 Å². The van der Waals surface area contributed by atoms with Crippen molar-refractivity contribution in [2.45, 2.75) is 0 Å². The van der Waals surface area contributed by atoms with Crippen molar-refractivity contribution < 1.29 is 86.0 Å². The van der Waals surface area contributed by atoms with Crippen LogP contribution in [0.3, 0.4) is 0 Å². The Morgan fingerprint density at radius 2 is 0.700 bits per heavy atom. The summed E-state index contributed by atoms with van der Waals surface area (Å²) in [6.45, 7) is 0. The molecule has 4 aromatic carbocycles. The van der Waals surface area contributed by atoms with Gasteiger partial charge < -0.3 is 51.8 Å². The van der Waals surface area contributed by atoms with Crippen molar-refractivity contribution in [3.05, 3.63) is 82.9 Å². The summed E-state index contributed by atoms with van der Waals surface area (Å²) in [6, 6.07) is 16.8. The maximum absolute atomic E-state index is 13.2. The van der Waals surface area contributed by atoms with Gasteiger partial charge in [-0.15, -0.1) is 0 Å². The molecule has 0 aliphatic carbocycles. The second-order valence-electron chi connectivity index (χ2n) is 10.0. The topological polar surface area (TPSA) is 132 Å².